The van der Waals surface area contributed by atoms with E-state index < -0.39 is 0 Å². The molecular formula is C18H17N3O. The lowest BCUT2D eigenvalue weighted by atomic mass is 9.98. The number of aliphatic hydroxyl groups is 1. The normalized spacial score (nSPS) is 10.6. The van der Waals surface area contributed by atoms with Gasteiger partial charge in [0.05, 0.1) is 29.4 Å². The van der Waals surface area contributed by atoms with Crippen molar-refractivity contribution in [2.45, 2.75) is 6.61 Å². The van der Waals surface area contributed by atoms with E-state index in [0.29, 0.717) is 28.3 Å². The van der Waals surface area contributed by atoms with E-state index in [1.807, 2.05) is 60.7 Å². The van der Waals surface area contributed by atoms with Crippen LogP contribution in [0.25, 0.3) is 22.4 Å². The summed E-state index contributed by atoms with van der Waals surface area (Å²) in [6.07, 6.45) is 0. The first kappa shape index (κ1) is 14.1. The van der Waals surface area contributed by atoms with Crippen LogP contribution in [-0.2, 0) is 6.61 Å². The fourth-order valence-corrected chi connectivity index (χ4v) is 2.53. The number of pyridine rings is 1. The number of hydrogen-bond acceptors (Lipinski definition) is 4. The van der Waals surface area contributed by atoms with Crippen LogP contribution in [0.5, 0.6) is 0 Å². The number of rotatable bonds is 3. The number of benzene rings is 2. The molecule has 0 saturated heterocycles. The average molecular weight is 291 g/mol. The fourth-order valence-electron chi connectivity index (χ4n) is 2.53. The molecule has 0 aliphatic carbocycles. The molecule has 5 N–H and O–H groups in total. The predicted molar refractivity (Wildman–Crippen MR) is 89.9 cm³/mol. The Labute approximate surface area is 129 Å². The molecule has 110 valence electrons. The summed E-state index contributed by atoms with van der Waals surface area (Å²) in [7, 11) is 0. The van der Waals surface area contributed by atoms with Crippen molar-refractivity contribution in [2.75, 3.05) is 11.5 Å². The Hall–Kier alpha value is -2.85. The van der Waals surface area contributed by atoms with Crippen LogP contribution in [-0.4, -0.2) is 10.1 Å². The highest BCUT2D eigenvalue weighted by Crippen LogP contribution is 2.38. The minimum Gasteiger partial charge on any atom is -0.396 e. The first-order valence-electron chi connectivity index (χ1n) is 7.02. The lowest BCUT2D eigenvalue weighted by Gasteiger charge is -2.16. The van der Waals surface area contributed by atoms with Gasteiger partial charge in [-0.25, -0.2) is 4.98 Å². The summed E-state index contributed by atoms with van der Waals surface area (Å²) in [6, 6.07) is 19.2. The molecule has 0 aliphatic heterocycles. The van der Waals surface area contributed by atoms with Gasteiger partial charge in [-0.15, -0.1) is 0 Å². The van der Waals surface area contributed by atoms with E-state index >= 15 is 0 Å². The molecule has 4 heteroatoms. The molecule has 0 amide bonds. The molecule has 0 atom stereocenters. The number of aliphatic hydroxyl groups excluding tert-OH is 1. The molecule has 3 aromatic rings. The smallest absolute Gasteiger partial charge is 0.0957 e. The van der Waals surface area contributed by atoms with Gasteiger partial charge in [-0.3, -0.25) is 0 Å². The molecule has 22 heavy (non-hydrogen) atoms. The fraction of sp³-hybridized carbons (Fsp3) is 0.0556. The Kier molecular flexibility index (Phi) is 3.76. The molecule has 0 unspecified atom stereocenters. The summed E-state index contributed by atoms with van der Waals surface area (Å²) in [5, 5.41) is 9.71. The summed E-state index contributed by atoms with van der Waals surface area (Å²) in [5.74, 6) is 0. The van der Waals surface area contributed by atoms with Gasteiger partial charge in [0.25, 0.3) is 0 Å². The summed E-state index contributed by atoms with van der Waals surface area (Å²) < 4.78 is 0. The van der Waals surface area contributed by atoms with Crippen molar-refractivity contribution in [3.8, 4) is 22.4 Å². The number of aromatic nitrogens is 1. The molecule has 0 spiro atoms. The zero-order valence-electron chi connectivity index (χ0n) is 12.0. The number of nitrogens with two attached hydrogens (primary N) is 2. The highest BCUT2D eigenvalue weighted by Gasteiger charge is 2.17. The Morgan fingerprint density at radius 3 is 1.86 bits per heavy atom. The molecule has 0 bridgehead atoms. The monoisotopic (exact) mass is 291 g/mol. The van der Waals surface area contributed by atoms with Gasteiger partial charge in [-0.05, 0) is 5.56 Å². The predicted octanol–water partition coefficient (Wildman–Crippen LogP) is 3.07. The van der Waals surface area contributed by atoms with E-state index in [-0.39, 0.29) is 6.61 Å². The van der Waals surface area contributed by atoms with Gasteiger partial charge in [-0.2, -0.15) is 0 Å². The van der Waals surface area contributed by atoms with Gasteiger partial charge in [0.2, 0.25) is 0 Å². The zero-order chi connectivity index (χ0) is 15.5. The molecule has 0 radical (unpaired) electrons. The van der Waals surface area contributed by atoms with Gasteiger partial charge in [-0.1, -0.05) is 60.7 Å². The molecule has 4 nitrogen and oxygen atoms in total. The third-order valence-corrected chi connectivity index (χ3v) is 3.61. The quantitative estimate of drug-likeness (QED) is 0.692. The number of nitrogen functional groups attached to an aromatic ring is 2. The molecule has 1 aromatic heterocycles. The minimum absolute atomic E-state index is 0.200. The maximum Gasteiger partial charge on any atom is 0.0957 e. The minimum atomic E-state index is -0.200. The summed E-state index contributed by atoms with van der Waals surface area (Å²) in [5.41, 5.74) is 16.9. The van der Waals surface area contributed by atoms with Gasteiger partial charge in [0, 0.05) is 11.1 Å². The third kappa shape index (κ3) is 2.40. The van der Waals surface area contributed by atoms with Crippen molar-refractivity contribution in [3.05, 3.63) is 66.4 Å². The van der Waals surface area contributed by atoms with E-state index in [1.165, 1.54) is 0 Å². The Balaban J connectivity index is 2.25. The topological polar surface area (TPSA) is 85.2 Å². The highest BCUT2D eigenvalue weighted by atomic mass is 16.3. The van der Waals surface area contributed by atoms with Crippen LogP contribution in [0.2, 0.25) is 0 Å². The summed E-state index contributed by atoms with van der Waals surface area (Å²) in [4.78, 5) is 4.54. The Bertz CT molecular complexity index is 786. The lowest BCUT2D eigenvalue weighted by Crippen LogP contribution is -2.07. The van der Waals surface area contributed by atoms with Crippen LogP contribution in [0.1, 0.15) is 5.69 Å². The molecule has 3 rings (SSSR count). The first-order valence-corrected chi connectivity index (χ1v) is 7.02. The highest BCUT2D eigenvalue weighted by molar-refractivity contribution is 5.92. The van der Waals surface area contributed by atoms with E-state index in [9.17, 15) is 5.11 Å². The summed E-state index contributed by atoms with van der Waals surface area (Å²) in [6.45, 7) is -0.200. The van der Waals surface area contributed by atoms with Gasteiger partial charge >= 0.3 is 0 Å². The molecule has 0 fully saturated rings. The second-order valence-corrected chi connectivity index (χ2v) is 5.00. The molecule has 0 saturated carbocycles. The standard InChI is InChI=1S/C18H17N3O/c19-16-15(12-7-3-1-4-8-12)14(11-22)21-18(17(16)20)13-9-5-2-6-10-13/h1-10,22H,11,20H2,(H2,19,21). The average Bonchev–Trinajstić information content (AvgIpc) is 2.58. The maximum atomic E-state index is 9.71. The van der Waals surface area contributed by atoms with Gasteiger partial charge in [0.1, 0.15) is 0 Å². The summed E-state index contributed by atoms with van der Waals surface area (Å²) >= 11 is 0. The van der Waals surface area contributed by atoms with Crippen molar-refractivity contribution < 1.29 is 5.11 Å². The van der Waals surface area contributed by atoms with Gasteiger partial charge in [0.15, 0.2) is 0 Å². The van der Waals surface area contributed by atoms with Crippen molar-refractivity contribution in [1.82, 2.24) is 4.98 Å². The van der Waals surface area contributed by atoms with Crippen LogP contribution in [0.15, 0.2) is 60.7 Å². The molecule has 0 aliphatic rings. The van der Waals surface area contributed by atoms with E-state index in [4.69, 9.17) is 11.5 Å². The van der Waals surface area contributed by atoms with E-state index in [0.717, 1.165) is 11.1 Å². The van der Waals surface area contributed by atoms with Crippen molar-refractivity contribution >= 4 is 11.4 Å². The SMILES string of the molecule is Nc1c(-c2ccccc2)nc(CO)c(-c2ccccc2)c1N. The molecule has 1 heterocycles. The maximum absolute atomic E-state index is 9.71. The second-order valence-electron chi connectivity index (χ2n) is 5.00. The van der Waals surface area contributed by atoms with Gasteiger partial charge < -0.3 is 16.6 Å². The lowest BCUT2D eigenvalue weighted by molar-refractivity contribution is 0.277. The van der Waals surface area contributed by atoms with Crippen LogP contribution in [0, 0.1) is 0 Å². The van der Waals surface area contributed by atoms with E-state index in [1.54, 1.807) is 0 Å². The van der Waals surface area contributed by atoms with E-state index in [2.05, 4.69) is 4.98 Å². The largest absolute Gasteiger partial charge is 0.396 e. The van der Waals surface area contributed by atoms with Crippen LogP contribution in [0.3, 0.4) is 0 Å². The zero-order valence-corrected chi connectivity index (χ0v) is 12.0. The third-order valence-electron chi connectivity index (χ3n) is 3.61. The number of nitrogens with zero attached hydrogens (tertiary/aromatic N) is 1. The first-order chi connectivity index (χ1) is 10.7. The molecular weight excluding hydrogens is 274 g/mol. The Morgan fingerprint density at radius 2 is 1.32 bits per heavy atom. The second kappa shape index (κ2) is 5.87. The van der Waals surface area contributed by atoms with Crippen LogP contribution < -0.4 is 11.5 Å². The van der Waals surface area contributed by atoms with Crippen molar-refractivity contribution in [3.63, 3.8) is 0 Å². The Morgan fingerprint density at radius 1 is 0.773 bits per heavy atom. The molecule has 2 aromatic carbocycles. The van der Waals surface area contributed by atoms with Crippen LogP contribution in [0.4, 0.5) is 11.4 Å². The van der Waals surface area contributed by atoms with Crippen molar-refractivity contribution in [2.24, 2.45) is 0 Å². The van der Waals surface area contributed by atoms with Crippen molar-refractivity contribution in [1.29, 1.82) is 0 Å². The number of anilines is 2. The number of hydrogen-bond donors (Lipinski definition) is 3. The van der Waals surface area contributed by atoms with Crippen LogP contribution >= 0.6 is 0 Å².